The number of likely N-dealkylation sites (N-methyl/N-ethyl adjacent to an activating group) is 1. The fourth-order valence-corrected chi connectivity index (χ4v) is 3.63. The second-order valence-corrected chi connectivity index (χ2v) is 6.48. The third-order valence-electron chi connectivity index (χ3n) is 4.94. The molecule has 2 aliphatic rings. The van der Waals surface area contributed by atoms with Gasteiger partial charge in [0, 0.05) is 46.9 Å². The summed E-state index contributed by atoms with van der Waals surface area (Å²) >= 11 is 0. The summed E-state index contributed by atoms with van der Waals surface area (Å²) in [5.74, 6) is 2.90. The maximum absolute atomic E-state index is 5.10. The van der Waals surface area contributed by atoms with Crippen molar-refractivity contribution >= 4 is 5.96 Å². The number of methoxy groups -OCH3 is 1. The van der Waals surface area contributed by atoms with Gasteiger partial charge >= 0.3 is 0 Å². The van der Waals surface area contributed by atoms with Gasteiger partial charge < -0.3 is 19.9 Å². The molecule has 2 fully saturated rings. The van der Waals surface area contributed by atoms with E-state index in [1.807, 2.05) is 7.05 Å². The lowest BCUT2D eigenvalue weighted by atomic mass is 9.82. The van der Waals surface area contributed by atoms with Gasteiger partial charge in [0.2, 0.25) is 0 Å². The van der Waals surface area contributed by atoms with Crippen molar-refractivity contribution < 1.29 is 4.74 Å². The molecular formula is C16H32N4O. The molecule has 2 unspecified atom stereocenters. The maximum atomic E-state index is 5.10. The summed E-state index contributed by atoms with van der Waals surface area (Å²) < 4.78 is 5.10. The molecule has 0 radical (unpaired) electrons. The molecule has 2 rings (SSSR count). The first-order valence-corrected chi connectivity index (χ1v) is 8.37. The van der Waals surface area contributed by atoms with Crippen LogP contribution in [0.5, 0.6) is 0 Å². The molecular weight excluding hydrogens is 264 g/mol. The average molecular weight is 296 g/mol. The van der Waals surface area contributed by atoms with Crippen LogP contribution in [0.15, 0.2) is 4.99 Å². The molecule has 0 aromatic heterocycles. The van der Waals surface area contributed by atoms with Crippen LogP contribution in [0.1, 0.15) is 25.7 Å². The fourth-order valence-electron chi connectivity index (χ4n) is 3.63. The van der Waals surface area contributed by atoms with E-state index in [4.69, 9.17) is 4.74 Å². The Bertz CT molecular complexity index is 320. The zero-order valence-electron chi connectivity index (χ0n) is 14.0. The van der Waals surface area contributed by atoms with E-state index in [1.165, 1.54) is 38.8 Å². The van der Waals surface area contributed by atoms with Crippen LogP contribution in [0.3, 0.4) is 0 Å². The molecule has 122 valence electrons. The minimum atomic E-state index is 0.792. The lowest BCUT2D eigenvalue weighted by molar-refractivity contribution is 0.162. The third kappa shape index (κ3) is 4.85. The molecule has 5 heteroatoms. The Morgan fingerprint density at radius 1 is 1.24 bits per heavy atom. The first-order chi connectivity index (χ1) is 10.2. The molecule has 0 aromatic rings. The van der Waals surface area contributed by atoms with E-state index in [-0.39, 0.29) is 0 Å². The SMILES string of the molecule is CN=C(NCCN(C)CCOC)N1CC2CCCCC2C1. The second kappa shape index (κ2) is 8.59. The van der Waals surface area contributed by atoms with Crippen molar-refractivity contribution in [3.63, 3.8) is 0 Å². The molecule has 1 heterocycles. The molecule has 2 atom stereocenters. The molecule has 1 saturated carbocycles. The third-order valence-corrected chi connectivity index (χ3v) is 4.94. The van der Waals surface area contributed by atoms with Gasteiger partial charge in [-0.15, -0.1) is 0 Å². The normalized spacial score (nSPS) is 26.3. The number of fused-ring (bicyclic) bond motifs is 1. The quantitative estimate of drug-likeness (QED) is 0.592. The Hall–Kier alpha value is -0.810. The fraction of sp³-hybridized carbons (Fsp3) is 0.938. The summed E-state index contributed by atoms with van der Waals surface area (Å²) in [7, 11) is 5.79. The zero-order chi connectivity index (χ0) is 15.1. The molecule has 0 spiro atoms. The van der Waals surface area contributed by atoms with Crippen molar-refractivity contribution in [2.75, 3.05) is 60.5 Å². The summed E-state index contributed by atoms with van der Waals surface area (Å²) in [5.41, 5.74) is 0. The van der Waals surface area contributed by atoms with Gasteiger partial charge in [0.05, 0.1) is 6.61 Å². The van der Waals surface area contributed by atoms with Crippen LogP contribution in [0.4, 0.5) is 0 Å². The molecule has 0 aromatic carbocycles. The van der Waals surface area contributed by atoms with Gasteiger partial charge in [0.25, 0.3) is 0 Å². The number of likely N-dealkylation sites (tertiary alicyclic amines) is 1. The van der Waals surface area contributed by atoms with Crippen LogP contribution < -0.4 is 5.32 Å². The van der Waals surface area contributed by atoms with Crippen LogP contribution in [0, 0.1) is 11.8 Å². The lowest BCUT2D eigenvalue weighted by Crippen LogP contribution is -2.43. The Morgan fingerprint density at radius 3 is 2.48 bits per heavy atom. The van der Waals surface area contributed by atoms with Crippen LogP contribution >= 0.6 is 0 Å². The Kier molecular flexibility index (Phi) is 6.77. The first-order valence-electron chi connectivity index (χ1n) is 8.37. The van der Waals surface area contributed by atoms with Crippen molar-refractivity contribution in [3.8, 4) is 0 Å². The van der Waals surface area contributed by atoms with Crippen LogP contribution in [-0.4, -0.2) is 76.3 Å². The average Bonchev–Trinajstić information content (AvgIpc) is 2.93. The first kappa shape index (κ1) is 16.6. The highest BCUT2D eigenvalue weighted by atomic mass is 16.5. The number of hydrogen-bond acceptors (Lipinski definition) is 3. The standard InChI is InChI=1S/C16H32N4O/c1-17-16(18-8-9-19(2)10-11-21-3)20-12-14-6-4-5-7-15(14)13-20/h14-15H,4-13H2,1-3H3,(H,17,18). The summed E-state index contributed by atoms with van der Waals surface area (Å²) in [5, 5.41) is 3.52. The number of hydrogen-bond donors (Lipinski definition) is 1. The molecule has 1 aliphatic heterocycles. The summed E-state index contributed by atoms with van der Waals surface area (Å²) in [6.45, 7) is 6.13. The number of nitrogens with zero attached hydrogens (tertiary/aromatic N) is 3. The minimum absolute atomic E-state index is 0.792. The molecule has 21 heavy (non-hydrogen) atoms. The van der Waals surface area contributed by atoms with Crippen molar-refractivity contribution in [1.29, 1.82) is 0 Å². The van der Waals surface area contributed by atoms with Gasteiger partial charge in [0.15, 0.2) is 5.96 Å². The number of aliphatic imine (C=N–C) groups is 1. The minimum Gasteiger partial charge on any atom is -0.383 e. The maximum Gasteiger partial charge on any atom is 0.193 e. The van der Waals surface area contributed by atoms with E-state index in [1.54, 1.807) is 7.11 Å². The number of nitrogens with one attached hydrogen (secondary N) is 1. The highest BCUT2D eigenvalue weighted by Crippen LogP contribution is 2.35. The lowest BCUT2D eigenvalue weighted by Gasteiger charge is -2.23. The highest BCUT2D eigenvalue weighted by Gasteiger charge is 2.35. The van der Waals surface area contributed by atoms with E-state index >= 15 is 0 Å². The molecule has 1 aliphatic carbocycles. The van der Waals surface area contributed by atoms with Gasteiger partial charge in [-0.05, 0) is 31.7 Å². The van der Waals surface area contributed by atoms with Crippen molar-refractivity contribution in [3.05, 3.63) is 0 Å². The van der Waals surface area contributed by atoms with Gasteiger partial charge in [0.1, 0.15) is 0 Å². The zero-order valence-corrected chi connectivity index (χ0v) is 14.0. The number of rotatable bonds is 6. The summed E-state index contributed by atoms with van der Waals surface area (Å²) in [6, 6.07) is 0. The van der Waals surface area contributed by atoms with Crippen molar-refractivity contribution in [1.82, 2.24) is 15.1 Å². The number of ether oxygens (including phenoxy) is 1. The van der Waals surface area contributed by atoms with E-state index in [0.717, 1.165) is 44.0 Å². The van der Waals surface area contributed by atoms with Crippen LogP contribution in [-0.2, 0) is 4.74 Å². The van der Waals surface area contributed by atoms with Crippen molar-refractivity contribution in [2.24, 2.45) is 16.8 Å². The van der Waals surface area contributed by atoms with Crippen molar-refractivity contribution in [2.45, 2.75) is 25.7 Å². The molecule has 0 bridgehead atoms. The van der Waals surface area contributed by atoms with E-state index < -0.39 is 0 Å². The van der Waals surface area contributed by atoms with Gasteiger partial charge in [-0.1, -0.05) is 12.8 Å². The van der Waals surface area contributed by atoms with E-state index in [2.05, 4.69) is 27.2 Å². The summed E-state index contributed by atoms with van der Waals surface area (Å²) in [6.07, 6.45) is 5.67. The molecule has 1 N–H and O–H groups in total. The van der Waals surface area contributed by atoms with E-state index in [0.29, 0.717) is 0 Å². The van der Waals surface area contributed by atoms with Gasteiger partial charge in [-0.3, -0.25) is 4.99 Å². The van der Waals surface area contributed by atoms with Crippen LogP contribution in [0.25, 0.3) is 0 Å². The Balaban J connectivity index is 1.71. The monoisotopic (exact) mass is 296 g/mol. The van der Waals surface area contributed by atoms with Gasteiger partial charge in [-0.25, -0.2) is 0 Å². The molecule has 5 nitrogen and oxygen atoms in total. The molecule has 1 saturated heterocycles. The predicted octanol–water partition coefficient (Wildman–Crippen LogP) is 1.26. The van der Waals surface area contributed by atoms with Gasteiger partial charge in [-0.2, -0.15) is 0 Å². The smallest absolute Gasteiger partial charge is 0.193 e. The highest BCUT2D eigenvalue weighted by molar-refractivity contribution is 5.80. The Labute approximate surface area is 129 Å². The number of guanidine groups is 1. The second-order valence-electron chi connectivity index (χ2n) is 6.48. The largest absolute Gasteiger partial charge is 0.383 e. The Morgan fingerprint density at radius 2 is 1.90 bits per heavy atom. The van der Waals surface area contributed by atoms with Crippen LogP contribution in [0.2, 0.25) is 0 Å². The van der Waals surface area contributed by atoms with E-state index in [9.17, 15) is 0 Å². The molecule has 0 amide bonds. The topological polar surface area (TPSA) is 40.1 Å². The summed E-state index contributed by atoms with van der Waals surface area (Å²) in [4.78, 5) is 9.23. The predicted molar refractivity (Wildman–Crippen MR) is 87.8 cm³/mol.